The van der Waals surface area contributed by atoms with Gasteiger partial charge in [0, 0.05) is 11.8 Å². The molecular weight excluding hydrogens is 304 g/mol. The normalized spacial score (nSPS) is 10.3. The molecule has 0 unspecified atom stereocenters. The van der Waals surface area contributed by atoms with Crippen molar-refractivity contribution in [1.82, 2.24) is 5.16 Å². The van der Waals surface area contributed by atoms with E-state index >= 15 is 0 Å². The van der Waals surface area contributed by atoms with Crippen LogP contribution in [0, 0.1) is 6.92 Å². The minimum absolute atomic E-state index is 0.135. The smallest absolute Gasteiger partial charge is 0.337 e. The van der Waals surface area contributed by atoms with E-state index in [9.17, 15) is 9.59 Å². The van der Waals surface area contributed by atoms with Gasteiger partial charge >= 0.3 is 5.97 Å². The van der Waals surface area contributed by atoms with E-state index in [0.29, 0.717) is 28.6 Å². The summed E-state index contributed by atoms with van der Waals surface area (Å²) in [4.78, 5) is 23.0. The van der Waals surface area contributed by atoms with Crippen molar-refractivity contribution >= 4 is 29.5 Å². The first-order chi connectivity index (χ1) is 10.6. The van der Waals surface area contributed by atoms with Crippen molar-refractivity contribution in [2.75, 3.05) is 18.2 Å². The number of carbonyl (C=O) groups is 2. The minimum atomic E-state index is -0.360. The van der Waals surface area contributed by atoms with E-state index < -0.39 is 0 Å². The van der Waals surface area contributed by atoms with E-state index in [0.717, 1.165) is 5.56 Å². The molecule has 0 atom stereocenters. The molecule has 0 saturated heterocycles. The van der Waals surface area contributed by atoms with Crippen LogP contribution in [-0.4, -0.2) is 29.9 Å². The zero-order valence-electron chi connectivity index (χ0n) is 12.3. The molecule has 1 heterocycles. The number of ether oxygens (including phenoxy) is 1. The zero-order chi connectivity index (χ0) is 15.9. The molecule has 1 amide bonds. The van der Waals surface area contributed by atoms with Crippen LogP contribution >= 0.6 is 11.8 Å². The lowest BCUT2D eigenvalue weighted by atomic mass is 10.1. The van der Waals surface area contributed by atoms with Gasteiger partial charge in [0.2, 0.25) is 5.91 Å². The molecule has 0 aliphatic carbocycles. The van der Waals surface area contributed by atoms with E-state index in [2.05, 4.69) is 15.2 Å². The molecule has 116 valence electrons. The number of esters is 1. The highest BCUT2D eigenvalue weighted by molar-refractivity contribution is 7.99. The number of hydrogen-bond acceptors (Lipinski definition) is 6. The molecular formula is C15H16N2O4S. The summed E-state index contributed by atoms with van der Waals surface area (Å²) in [6.45, 7) is 1.76. The van der Waals surface area contributed by atoms with Gasteiger partial charge in [0.1, 0.15) is 5.76 Å². The maximum atomic E-state index is 11.7. The molecule has 0 bridgehead atoms. The van der Waals surface area contributed by atoms with Gasteiger partial charge in [-0.1, -0.05) is 17.3 Å². The average Bonchev–Trinajstić information content (AvgIpc) is 2.92. The topological polar surface area (TPSA) is 81.4 Å². The summed E-state index contributed by atoms with van der Waals surface area (Å²) < 4.78 is 9.51. The number of nitrogens with one attached hydrogen (secondary N) is 1. The van der Waals surface area contributed by atoms with Gasteiger partial charge in [-0.15, -0.1) is 11.8 Å². The van der Waals surface area contributed by atoms with Gasteiger partial charge < -0.3 is 14.6 Å². The molecule has 1 aromatic carbocycles. The van der Waals surface area contributed by atoms with E-state index in [4.69, 9.17) is 4.52 Å². The fraction of sp³-hybridized carbons (Fsp3) is 0.267. The molecule has 22 heavy (non-hydrogen) atoms. The molecule has 0 radical (unpaired) electrons. The SMILES string of the molecule is COC(=O)c1ccc(CSCC(=O)Nc2cc(C)on2)cc1. The zero-order valence-corrected chi connectivity index (χ0v) is 13.1. The molecule has 0 spiro atoms. The molecule has 7 heteroatoms. The molecule has 0 aliphatic heterocycles. The predicted molar refractivity (Wildman–Crippen MR) is 83.8 cm³/mol. The van der Waals surface area contributed by atoms with Gasteiger partial charge in [0.05, 0.1) is 18.4 Å². The van der Waals surface area contributed by atoms with Gasteiger partial charge in [0.25, 0.3) is 0 Å². The van der Waals surface area contributed by atoms with Gasteiger partial charge in [-0.3, -0.25) is 4.79 Å². The van der Waals surface area contributed by atoms with Crippen LogP contribution in [0.1, 0.15) is 21.7 Å². The van der Waals surface area contributed by atoms with Crippen molar-refractivity contribution in [3.63, 3.8) is 0 Å². The van der Waals surface area contributed by atoms with Crippen molar-refractivity contribution in [1.29, 1.82) is 0 Å². The number of aryl methyl sites for hydroxylation is 1. The number of aromatic nitrogens is 1. The lowest BCUT2D eigenvalue weighted by molar-refractivity contribution is -0.113. The van der Waals surface area contributed by atoms with Crippen LogP contribution in [0.4, 0.5) is 5.82 Å². The van der Waals surface area contributed by atoms with Gasteiger partial charge in [-0.2, -0.15) is 0 Å². The van der Waals surface area contributed by atoms with Crippen LogP contribution in [0.2, 0.25) is 0 Å². The highest BCUT2D eigenvalue weighted by Crippen LogP contribution is 2.14. The maximum Gasteiger partial charge on any atom is 0.337 e. The van der Waals surface area contributed by atoms with Gasteiger partial charge in [-0.05, 0) is 24.6 Å². The molecule has 2 rings (SSSR count). The Morgan fingerprint density at radius 3 is 2.64 bits per heavy atom. The van der Waals surface area contributed by atoms with Crippen LogP contribution < -0.4 is 5.32 Å². The van der Waals surface area contributed by atoms with Gasteiger partial charge in [-0.25, -0.2) is 4.79 Å². The van der Waals surface area contributed by atoms with Gasteiger partial charge in [0.15, 0.2) is 5.82 Å². The Labute approximate surface area is 132 Å². The summed E-state index contributed by atoms with van der Waals surface area (Å²) in [5, 5.41) is 6.35. The highest BCUT2D eigenvalue weighted by Gasteiger charge is 2.07. The summed E-state index contributed by atoms with van der Waals surface area (Å²) in [5.74, 6) is 1.56. The van der Waals surface area contributed by atoms with Crippen LogP contribution in [0.15, 0.2) is 34.9 Å². The van der Waals surface area contributed by atoms with Crippen molar-refractivity contribution in [3.8, 4) is 0 Å². The molecule has 0 saturated carbocycles. The number of amides is 1. The Morgan fingerprint density at radius 2 is 2.05 bits per heavy atom. The quantitative estimate of drug-likeness (QED) is 0.824. The maximum absolute atomic E-state index is 11.7. The number of thioether (sulfide) groups is 1. The Kier molecular flexibility index (Phi) is 5.60. The Morgan fingerprint density at radius 1 is 1.32 bits per heavy atom. The summed E-state index contributed by atoms with van der Waals surface area (Å²) in [6, 6.07) is 8.77. The third-order valence-corrected chi connectivity index (χ3v) is 3.78. The third kappa shape index (κ3) is 4.63. The first kappa shape index (κ1) is 16.1. The monoisotopic (exact) mass is 320 g/mol. The summed E-state index contributed by atoms with van der Waals surface area (Å²) in [6.07, 6.45) is 0. The number of carbonyl (C=O) groups excluding carboxylic acids is 2. The standard InChI is InChI=1S/C15H16N2O4S/c1-10-7-13(17-21-10)16-14(18)9-22-8-11-3-5-12(6-4-11)15(19)20-2/h3-7H,8-9H2,1-2H3,(H,16,17,18). The number of methoxy groups -OCH3 is 1. The second-order valence-corrected chi connectivity index (χ2v) is 5.54. The van der Waals surface area contributed by atoms with E-state index in [-0.39, 0.29) is 11.9 Å². The van der Waals surface area contributed by atoms with E-state index in [1.165, 1.54) is 18.9 Å². The largest absolute Gasteiger partial charge is 0.465 e. The van der Waals surface area contributed by atoms with E-state index in [1.807, 2.05) is 12.1 Å². The second-order valence-electron chi connectivity index (χ2n) is 4.55. The first-order valence-corrected chi connectivity index (χ1v) is 7.72. The first-order valence-electron chi connectivity index (χ1n) is 6.56. The fourth-order valence-corrected chi connectivity index (χ4v) is 2.51. The van der Waals surface area contributed by atoms with Crippen LogP contribution in [0.3, 0.4) is 0 Å². The molecule has 1 aromatic heterocycles. The summed E-state index contributed by atoms with van der Waals surface area (Å²) in [5.41, 5.74) is 1.54. The van der Waals surface area contributed by atoms with E-state index in [1.54, 1.807) is 25.1 Å². The number of anilines is 1. The van der Waals surface area contributed by atoms with Crippen LogP contribution in [0.25, 0.3) is 0 Å². The van der Waals surface area contributed by atoms with Crippen molar-refractivity contribution in [2.24, 2.45) is 0 Å². The molecule has 2 aromatic rings. The molecule has 0 fully saturated rings. The highest BCUT2D eigenvalue weighted by atomic mass is 32.2. The minimum Gasteiger partial charge on any atom is -0.465 e. The summed E-state index contributed by atoms with van der Waals surface area (Å²) in [7, 11) is 1.35. The Hall–Kier alpha value is -2.28. The van der Waals surface area contributed by atoms with Crippen LogP contribution in [-0.2, 0) is 15.3 Å². The van der Waals surface area contributed by atoms with Crippen molar-refractivity contribution in [2.45, 2.75) is 12.7 Å². The average molecular weight is 320 g/mol. The fourth-order valence-electron chi connectivity index (χ4n) is 1.72. The summed E-state index contributed by atoms with van der Waals surface area (Å²) >= 11 is 1.47. The molecule has 0 aliphatic rings. The third-order valence-electron chi connectivity index (χ3n) is 2.77. The lowest BCUT2D eigenvalue weighted by Crippen LogP contribution is -2.14. The molecule has 1 N–H and O–H groups in total. The predicted octanol–water partition coefficient (Wildman–Crippen LogP) is 2.64. The number of hydrogen-bond donors (Lipinski definition) is 1. The number of rotatable bonds is 6. The Balaban J connectivity index is 1.76. The Bertz CT molecular complexity index is 652. The second kappa shape index (κ2) is 7.65. The number of benzene rings is 1. The van der Waals surface area contributed by atoms with Crippen molar-refractivity contribution < 1.29 is 18.8 Å². The van der Waals surface area contributed by atoms with Crippen LogP contribution in [0.5, 0.6) is 0 Å². The number of nitrogens with zero attached hydrogens (tertiary/aromatic N) is 1. The molecule has 6 nitrogen and oxygen atoms in total. The van der Waals surface area contributed by atoms with Crippen molar-refractivity contribution in [3.05, 3.63) is 47.2 Å². The lowest BCUT2D eigenvalue weighted by Gasteiger charge is -2.04.